The first-order chi connectivity index (χ1) is 22.6. The molecule has 3 aromatic rings. The second-order valence-corrected chi connectivity index (χ2v) is 13.2. The summed E-state index contributed by atoms with van der Waals surface area (Å²) >= 11 is 0. The highest BCUT2D eigenvalue weighted by atomic mass is 31.2. The van der Waals surface area contributed by atoms with Gasteiger partial charge < -0.3 is 25.1 Å². The zero-order valence-corrected chi connectivity index (χ0v) is 27.4. The summed E-state index contributed by atoms with van der Waals surface area (Å²) in [4.78, 5) is 28.7. The molecule has 254 valence electrons. The number of ether oxygens (including phenoxy) is 3. The molecule has 18 heteroatoms. The number of nitrogens with one attached hydrogen (secondary N) is 1. The number of esters is 1. The number of rotatable bonds is 14. The van der Waals surface area contributed by atoms with Gasteiger partial charge in [-0.15, -0.1) is 0 Å². The van der Waals surface area contributed by atoms with Crippen LogP contribution in [0.3, 0.4) is 0 Å². The standard InChI is InChI=1S/C29H40N9O8P/c1-4-42-25-21-24(33-28(30)34-25)38(17-32-21)27-29(3,36-37-31)23(39)20(45-27)16-44-47(41,35-19-14-10-7-11-15-19)46-22(26(40)43-5-2)18-12-8-6-9-13-18/h6,8-9,12-13,17,19-20,22-23,27,39H,4-5,7,10-11,14-16H2,1-3H3,(H,35,41)(H2,30,33,34)/t20-,22?,23-,27?,29-,47?/m1/s1. The van der Waals surface area contributed by atoms with Gasteiger partial charge in [0.15, 0.2) is 23.5 Å². The molecule has 4 N–H and O–H groups in total. The van der Waals surface area contributed by atoms with E-state index in [9.17, 15) is 20.0 Å². The Morgan fingerprint density at radius 1 is 1.26 bits per heavy atom. The number of aromatic nitrogens is 4. The van der Waals surface area contributed by atoms with Crippen LogP contribution in [0.2, 0.25) is 0 Å². The average molecular weight is 674 g/mol. The molecular weight excluding hydrogens is 633 g/mol. The molecule has 1 saturated heterocycles. The molecule has 6 atom stereocenters. The van der Waals surface area contributed by atoms with E-state index in [1.54, 1.807) is 44.2 Å². The quantitative estimate of drug-likeness (QED) is 0.0704. The van der Waals surface area contributed by atoms with E-state index in [0.29, 0.717) is 12.2 Å². The number of anilines is 1. The Balaban J connectivity index is 1.44. The van der Waals surface area contributed by atoms with E-state index in [2.05, 4.69) is 30.1 Å². The number of benzene rings is 1. The molecule has 1 aliphatic carbocycles. The number of nitrogens with two attached hydrogens (primary N) is 1. The summed E-state index contributed by atoms with van der Waals surface area (Å²) in [5.74, 6) is -0.673. The molecule has 0 radical (unpaired) electrons. The Hall–Kier alpha value is -3.82. The summed E-state index contributed by atoms with van der Waals surface area (Å²) in [5.41, 5.74) is 14.7. The molecule has 47 heavy (non-hydrogen) atoms. The third-order valence-electron chi connectivity index (χ3n) is 8.16. The average Bonchev–Trinajstić information content (AvgIpc) is 3.58. The molecule has 17 nitrogen and oxygen atoms in total. The van der Waals surface area contributed by atoms with E-state index in [1.807, 2.05) is 0 Å². The molecule has 0 spiro atoms. The van der Waals surface area contributed by atoms with Gasteiger partial charge in [0.1, 0.15) is 11.6 Å². The second-order valence-electron chi connectivity index (χ2n) is 11.4. The predicted octanol–water partition coefficient (Wildman–Crippen LogP) is 4.50. The molecule has 0 amide bonds. The molecule has 3 unspecified atom stereocenters. The molecule has 1 aromatic carbocycles. The van der Waals surface area contributed by atoms with Crippen molar-refractivity contribution in [1.29, 1.82) is 0 Å². The largest absolute Gasteiger partial charge is 0.476 e. The highest BCUT2D eigenvalue weighted by molar-refractivity contribution is 7.51. The van der Waals surface area contributed by atoms with Crippen LogP contribution in [0, 0.1) is 0 Å². The summed E-state index contributed by atoms with van der Waals surface area (Å²) in [7, 11) is -4.28. The highest BCUT2D eigenvalue weighted by Gasteiger charge is 2.55. The van der Waals surface area contributed by atoms with Gasteiger partial charge in [-0.2, -0.15) is 9.97 Å². The number of carbonyl (C=O) groups excluding carboxylic acids is 1. The normalized spacial score (nSPS) is 25.1. The maximum Gasteiger partial charge on any atom is 0.407 e. The van der Waals surface area contributed by atoms with Gasteiger partial charge in [-0.25, -0.2) is 19.4 Å². The van der Waals surface area contributed by atoms with Crippen LogP contribution in [-0.2, 0) is 27.9 Å². The number of imidazole rings is 1. The van der Waals surface area contributed by atoms with E-state index in [-0.39, 0.29) is 35.6 Å². The Morgan fingerprint density at radius 3 is 2.68 bits per heavy atom. The van der Waals surface area contributed by atoms with E-state index in [1.165, 1.54) is 17.8 Å². The van der Waals surface area contributed by atoms with Crippen molar-refractivity contribution in [2.75, 3.05) is 25.6 Å². The lowest BCUT2D eigenvalue weighted by atomic mass is 9.93. The van der Waals surface area contributed by atoms with Crippen molar-refractivity contribution in [1.82, 2.24) is 24.6 Å². The number of nitrogens with zero attached hydrogens (tertiary/aromatic N) is 7. The van der Waals surface area contributed by atoms with Crippen LogP contribution >= 0.6 is 7.75 Å². The van der Waals surface area contributed by atoms with Gasteiger partial charge in [0.05, 0.1) is 32.3 Å². The van der Waals surface area contributed by atoms with Crippen LogP contribution in [0.25, 0.3) is 21.6 Å². The van der Waals surface area contributed by atoms with Gasteiger partial charge in [0.2, 0.25) is 11.8 Å². The lowest BCUT2D eigenvalue weighted by molar-refractivity contribution is -0.152. The number of aliphatic hydroxyl groups excluding tert-OH is 1. The first kappa shape index (κ1) is 34.5. The SMILES string of the molecule is CCOC(=O)C(OP(=O)(NC1CCCCC1)OC[C@H]1OC(n2cnc3c(OCC)nc(N)nc32)[C@](C)(N=[N+]=[N-])[C@@H]1O)c1ccccc1. The lowest BCUT2D eigenvalue weighted by Gasteiger charge is -2.30. The van der Waals surface area contributed by atoms with Crippen molar-refractivity contribution in [2.45, 2.75) is 89.0 Å². The third-order valence-corrected chi connectivity index (χ3v) is 9.82. The number of nitrogen functional groups attached to an aromatic ring is 1. The fraction of sp³-hybridized carbons (Fsp3) is 0.586. The summed E-state index contributed by atoms with van der Waals surface area (Å²) in [6.07, 6.45) is 0.587. The molecule has 1 aliphatic heterocycles. The van der Waals surface area contributed by atoms with Gasteiger partial charge in [-0.1, -0.05) is 54.7 Å². The Kier molecular flexibility index (Phi) is 11.0. The summed E-state index contributed by atoms with van der Waals surface area (Å²) in [6, 6.07) is 8.34. The maximum atomic E-state index is 14.5. The molecule has 0 bridgehead atoms. The van der Waals surface area contributed by atoms with Gasteiger partial charge in [-0.05, 0) is 44.7 Å². The minimum absolute atomic E-state index is 0.0831. The first-order valence-electron chi connectivity index (χ1n) is 15.6. The van der Waals surface area contributed by atoms with Crippen LogP contribution < -0.4 is 15.6 Å². The number of azide groups is 1. The Morgan fingerprint density at radius 2 is 2.00 bits per heavy atom. The van der Waals surface area contributed by atoms with E-state index < -0.39 is 50.4 Å². The zero-order valence-electron chi connectivity index (χ0n) is 26.5. The van der Waals surface area contributed by atoms with Crippen LogP contribution in [0.4, 0.5) is 5.95 Å². The van der Waals surface area contributed by atoms with E-state index in [4.69, 9.17) is 29.0 Å². The fourth-order valence-electron chi connectivity index (χ4n) is 5.85. The molecule has 3 heterocycles. The van der Waals surface area contributed by atoms with Gasteiger partial charge >= 0.3 is 13.7 Å². The Labute approximate surface area is 271 Å². The minimum Gasteiger partial charge on any atom is -0.476 e. The number of hydrogen-bond acceptors (Lipinski definition) is 13. The maximum absolute atomic E-state index is 14.5. The summed E-state index contributed by atoms with van der Waals surface area (Å²) in [6.45, 7) is 4.86. The molecular formula is C29H40N9O8P. The number of fused-ring (bicyclic) bond motifs is 1. The molecule has 2 aliphatic rings. The van der Waals surface area contributed by atoms with E-state index >= 15 is 0 Å². The van der Waals surface area contributed by atoms with E-state index in [0.717, 1.165) is 32.1 Å². The van der Waals surface area contributed by atoms with Crippen LogP contribution in [-0.4, -0.2) is 74.2 Å². The topological polar surface area (TPSA) is 231 Å². The molecule has 2 aromatic heterocycles. The molecule has 1 saturated carbocycles. The van der Waals surface area contributed by atoms with Crippen molar-refractivity contribution in [2.24, 2.45) is 5.11 Å². The molecule has 5 rings (SSSR count). The van der Waals surface area contributed by atoms with Crippen molar-refractivity contribution >= 4 is 30.8 Å². The summed E-state index contributed by atoms with van der Waals surface area (Å²) in [5, 5.41) is 18.4. The zero-order chi connectivity index (χ0) is 33.6. The van der Waals surface area contributed by atoms with Crippen molar-refractivity contribution < 1.29 is 37.7 Å². The van der Waals surface area contributed by atoms with Crippen LogP contribution in [0.15, 0.2) is 41.8 Å². The smallest absolute Gasteiger partial charge is 0.407 e. The van der Waals surface area contributed by atoms with Crippen LogP contribution in [0.5, 0.6) is 5.88 Å². The van der Waals surface area contributed by atoms with Crippen molar-refractivity contribution in [3.63, 3.8) is 0 Å². The van der Waals surface area contributed by atoms with Crippen molar-refractivity contribution in [3.8, 4) is 5.88 Å². The Bertz CT molecular complexity index is 1630. The monoisotopic (exact) mass is 673 g/mol. The number of carbonyl (C=O) groups is 1. The minimum atomic E-state index is -4.28. The van der Waals surface area contributed by atoms with Crippen LogP contribution in [0.1, 0.15) is 70.8 Å². The third kappa shape index (κ3) is 7.52. The van der Waals surface area contributed by atoms with Gasteiger partial charge in [0, 0.05) is 11.0 Å². The van der Waals surface area contributed by atoms with Gasteiger partial charge in [-0.3, -0.25) is 13.6 Å². The fourth-order valence-corrected chi connectivity index (χ4v) is 7.58. The first-order valence-corrected chi connectivity index (χ1v) is 17.1. The van der Waals surface area contributed by atoms with Gasteiger partial charge in [0.25, 0.3) is 0 Å². The number of hydrogen-bond donors (Lipinski definition) is 3. The van der Waals surface area contributed by atoms with Crippen molar-refractivity contribution in [3.05, 3.63) is 52.7 Å². The lowest BCUT2D eigenvalue weighted by Crippen LogP contribution is -2.43. The molecule has 2 fully saturated rings. The predicted molar refractivity (Wildman–Crippen MR) is 169 cm³/mol. The highest BCUT2D eigenvalue weighted by Crippen LogP contribution is 2.52. The second kappa shape index (κ2) is 14.9. The summed E-state index contributed by atoms with van der Waals surface area (Å²) < 4.78 is 45.0. The number of aliphatic hydroxyl groups is 1.